The van der Waals surface area contributed by atoms with E-state index in [1.807, 2.05) is 35.9 Å². The predicted octanol–water partition coefficient (Wildman–Crippen LogP) is 2.30. The van der Waals surface area contributed by atoms with Crippen molar-refractivity contribution >= 4 is 27.2 Å². The molecular formula is C16H18N4O3S2. The number of hydrogen-bond donors (Lipinski definition) is 0. The number of pyridine rings is 1. The molecule has 0 aromatic carbocycles. The van der Waals surface area contributed by atoms with Gasteiger partial charge in [0.2, 0.25) is 5.89 Å². The number of fused-ring (bicyclic) bond motifs is 1. The van der Waals surface area contributed by atoms with Gasteiger partial charge in [-0.1, -0.05) is 17.8 Å². The van der Waals surface area contributed by atoms with Gasteiger partial charge in [-0.25, -0.2) is 13.4 Å². The first-order valence-corrected chi connectivity index (χ1v) is 10.9. The van der Waals surface area contributed by atoms with Gasteiger partial charge < -0.3 is 8.82 Å². The molecule has 4 rings (SSSR count). The molecule has 3 aromatic rings. The number of aromatic nitrogens is 4. The third kappa shape index (κ3) is 3.72. The molecule has 1 aliphatic rings. The second kappa shape index (κ2) is 6.45. The third-order valence-corrected chi connectivity index (χ3v) is 7.00. The van der Waals surface area contributed by atoms with E-state index in [2.05, 4.69) is 15.2 Å². The molecule has 1 fully saturated rings. The summed E-state index contributed by atoms with van der Waals surface area (Å²) >= 11 is 1.44. The Balaban J connectivity index is 1.38. The smallest absolute Gasteiger partial charge is 0.276 e. The quantitative estimate of drug-likeness (QED) is 0.629. The minimum Gasteiger partial charge on any atom is -0.416 e. The summed E-state index contributed by atoms with van der Waals surface area (Å²) in [6.07, 6.45) is 5.17. The van der Waals surface area contributed by atoms with Gasteiger partial charge in [-0.3, -0.25) is 0 Å². The maximum atomic E-state index is 11.5. The highest BCUT2D eigenvalue weighted by Gasteiger charge is 2.29. The van der Waals surface area contributed by atoms with Gasteiger partial charge in [0.15, 0.2) is 9.84 Å². The van der Waals surface area contributed by atoms with Crippen molar-refractivity contribution in [3.05, 3.63) is 41.7 Å². The summed E-state index contributed by atoms with van der Waals surface area (Å²) in [6.45, 7) is 2.03. The molecule has 0 unspecified atom stereocenters. The van der Waals surface area contributed by atoms with E-state index < -0.39 is 9.84 Å². The molecule has 7 nitrogen and oxygen atoms in total. The lowest BCUT2D eigenvalue weighted by molar-refractivity contribution is 0.389. The van der Waals surface area contributed by atoms with Gasteiger partial charge in [0.25, 0.3) is 5.22 Å². The van der Waals surface area contributed by atoms with Crippen LogP contribution < -0.4 is 0 Å². The number of rotatable bonds is 5. The fourth-order valence-electron chi connectivity index (χ4n) is 3.07. The largest absolute Gasteiger partial charge is 0.416 e. The highest BCUT2D eigenvalue weighted by Crippen LogP contribution is 2.25. The molecule has 0 radical (unpaired) electrons. The topological polar surface area (TPSA) is 90.4 Å². The van der Waals surface area contributed by atoms with Crippen LogP contribution in [0.2, 0.25) is 0 Å². The van der Waals surface area contributed by atoms with Crippen LogP contribution in [-0.2, 0) is 22.0 Å². The van der Waals surface area contributed by atoms with Crippen molar-refractivity contribution in [1.29, 1.82) is 0 Å². The monoisotopic (exact) mass is 378 g/mol. The molecule has 3 aromatic heterocycles. The Bertz CT molecular complexity index is 1010. The van der Waals surface area contributed by atoms with Crippen molar-refractivity contribution in [2.24, 2.45) is 5.92 Å². The fourth-order valence-corrected chi connectivity index (χ4v) is 5.59. The molecule has 0 spiro atoms. The zero-order valence-corrected chi connectivity index (χ0v) is 15.4. The first-order valence-electron chi connectivity index (χ1n) is 8.07. The van der Waals surface area contributed by atoms with E-state index >= 15 is 0 Å². The van der Waals surface area contributed by atoms with Crippen LogP contribution in [-0.4, -0.2) is 39.5 Å². The molecule has 132 valence electrons. The highest BCUT2D eigenvalue weighted by atomic mass is 32.2. The van der Waals surface area contributed by atoms with Crippen LogP contribution in [0.25, 0.3) is 5.65 Å². The molecule has 1 aliphatic heterocycles. The van der Waals surface area contributed by atoms with Gasteiger partial charge in [-0.05, 0) is 30.9 Å². The Hall–Kier alpha value is -1.87. The van der Waals surface area contributed by atoms with Gasteiger partial charge in [-0.2, -0.15) is 0 Å². The van der Waals surface area contributed by atoms with E-state index in [4.69, 9.17) is 4.42 Å². The molecule has 9 heteroatoms. The summed E-state index contributed by atoms with van der Waals surface area (Å²) in [5.74, 6) is 1.72. The summed E-state index contributed by atoms with van der Waals surface area (Å²) in [7, 11) is -2.88. The van der Waals surface area contributed by atoms with E-state index in [1.165, 1.54) is 11.8 Å². The zero-order chi connectivity index (χ0) is 17.4. The number of aryl methyl sites for hydroxylation is 1. The summed E-state index contributed by atoms with van der Waals surface area (Å²) in [5.41, 5.74) is 3.03. The first kappa shape index (κ1) is 16.6. The van der Waals surface area contributed by atoms with Crippen LogP contribution in [0.4, 0.5) is 0 Å². The van der Waals surface area contributed by atoms with Crippen molar-refractivity contribution in [1.82, 2.24) is 19.6 Å². The van der Waals surface area contributed by atoms with Crippen molar-refractivity contribution < 1.29 is 12.8 Å². The van der Waals surface area contributed by atoms with Crippen LogP contribution in [0.15, 0.2) is 34.2 Å². The Kier molecular flexibility index (Phi) is 4.28. The zero-order valence-electron chi connectivity index (χ0n) is 13.8. The second-order valence-corrected chi connectivity index (χ2v) is 9.53. The van der Waals surface area contributed by atoms with E-state index in [0.717, 1.165) is 16.9 Å². The van der Waals surface area contributed by atoms with Gasteiger partial charge in [0.1, 0.15) is 5.65 Å². The number of sulfone groups is 1. The van der Waals surface area contributed by atoms with Gasteiger partial charge in [0, 0.05) is 24.6 Å². The number of thioether (sulfide) groups is 1. The third-order valence-electron chi connectivity index (χ3n) is 4.31. The highest BCUT2D eigenvalue weighted by molar-refractivity contribution is 7.98. The van der Waals surface area contributed by atoms with Crippen LogP contribution >= 0.6 is 11.8 Å². The average Bonchev–Trinajstić information content (AvgIpc) is 3.25. The molecule has 0 bridgehead atoms. The molecular weight excluding hydrogens is 360 g/mol. The van der Waals surface area contributed by atoms with Crippen LogP contribution in [0.3, 0.4) is 0 Å². The van der Waals surface area contributed by atoms with E-state index in [0.29, 0.717) is 29.7 Å². The number of hydrogen-bond acceptors (Lipinski definition) is 7. The van der Waals surface area contributed by atoms with Crippen molar-refractivity contribution in [2.45, 2.75) is 30.7 Å². The molecule has 0 N–H and O–H groups in total. The van der Waals surface area contributed by atoms with Crippen molar-refractivity contribution in [3.8, 4) is 0 Å². The fraction of sp³-hybridized carbons (Fsp3) is 0.438. The van der Waals surface area contributed by atoms with Gasteiger partial charge >= 0.3 is 0 Å². The molecule has 1 saturated heterocycles. The molecule has 0 saturated carbocycles. The van der Waals surface area contributed by atoms with Gasteiger partial charge in [-0.15, -0.1) is 10.2 Å². The Morgan fingerprint density at radius 1 is 1.40 bits per heavy atom. The van der Waals surface area contributed by atoms with E-state index in [9.17, 15) is 8.42 Å². The van der Waals surface area contributed by atoms with Crippen molar-refractivity contribution in [3.63, 3.8) is 0 Å². The summed E-state index contributed by atoms with van der Waals surface area (Å²) < 4.78 is 30.7. The molecule has 1 atom stereocenters. The maximum Gasteiger partial charge on any atom is 0.276 e. The number of imidazole rings is 1. The number of nitrogens with zero attached hydrogens (tertiary/aromatic N) is 4. The van der Waals surface area contributed by atoms with Crippen molar-refractivity contribution in [2.75, 3.05) is 11.5 Å². The maximum absolute atomic E-state index is 11.5. The van der Waals surface area contributed by atoms with Crippen LogP contribution in [0.1, 0.15) is 23.6 Å². The normalized spacial score (nSPS) is 19.6. The lowest BCUT2D eigenvalue weighted by atomic mass is 10.1. The summed E-state index contributed by atoms with van der Waals surface area (Å²) in [6, 6.07) is 4.03. The lowest BCUT2D eigenvalue weighted by Crippen LogP contribution is -2.07. The average molecular weight is 378 g/mol. The SMILES string of the molecule is Cc1cccn2cc(CSc3nnc(C[C@H]4CCS(=O)(=O)C4)o3)nc12. The first-order chi connectivity index (χ1) is 12.0. The van der Waals surface area contributed by atoms with Crippen LogP contribution in [0.5, 0.6) is 0 Å². The van der Waals surface area contributed by atoms with E-state index in [1.54, 1.807) is 0 Å². The molecule has 0 amide bonds. The predicted molar refractivity (Wildman–Crippen MR) is 94.3 cm³/mol. The molecule has 4 heterocycles. The molecule has 0 aliphatic carbocycles. The van der Waals surface area contributed by atoms with E-state index in [-0.39, 0.29) is 17.4 Å². The minimum absolute atomic E-state index is 0.0877. The Morgan fingerprint density at radius 2 is 2.28 bits per heavy atom. The second-order valence-electron chi connectivity index (χ2n) is 6.38. The summed E-state index contributed by atoms with van der Waals surface area (Å²) in [4.78, 5) is 4.62. The Labute approximate surface area is 149 Å². The van der Waals surface area contributed by atoms with Crippen LogP contribution in [0, 0.1) is 12.8 Å². The Morgan fingerprint density at radius 3 is 3.04 bits per heavy atom. The summed E-state index contributed by atoms with van der Waals surface area (Å²) in [5, 5.41) is 8.57. The minimum atomic E-state index is -2.88. The van der Waals surface area contributed by atoms with Gasteiger partial charge in [0.05, 0.1) is 17.2 Å². The standard InChI is InChI=1S/C16H18N4O3S2/c1-11-3-2-5-20-8-13(17-15(11)20)9-24-16-19-18-14(23-16)7-12-4-6-25(21,22)10-12/h2-3,5,8,12H,4,6-7,9-10H2,1H3/t12-/m1/s1. The molecule has 25 heavy (non-hydrogen) atoms. The lowest BCUT2D eigenvalue weighted by Gasteiger charge is -2.01.